The molecule has 2 N–H and O–H groups in total. The van der Waals surface area contributed by atoms with Crippen LogP contribution in [0, 0.1) is 6.92 Å². The van der Waals surface area contributed by atoms with E-state index in [0.717, 1.165) is 0 Å². The van der Waals surface area contributed by atoms with Crippen LogP contribution in [0.2, 0.25) is 0 Å². The lowest BCUT2D eigenvalue weighted by Gasteiger charge is -2.03. The van der Waals surface area contributed by atoms with E-state index in [-0.39, 0.29) is 0 Å². The number of carbonyl (C=O) groups excluding carboxylic acids is 2. The Balaban J connectivity index is 2.43. The predicted molar refractivity (Wildman–Crippen MR) is 60.0 cm³/mol. The molecule has 2 rings (SSSR count). The molecule has 0 saturated carbocycles. The molecule has 1 heterocycles. The van der Waals surface area contributed by atoms with E-state index in [0.29, 0.717) is 28.9 Å². The highest BCUT2D eigenvalue weighted by atomic mass is 16.1. The second kappa shape index (κ2) is 4.17. The van der Waals surface area contributed by atoms with Crippen LogP contribution >= 0.6 is 0 Å². The second-order valence-electron chi connectivity index (χ2n) is 3.50. The van der Waals surface area contributed by atoms with Gasteiger partial charge in [0.1, 0.15) is 5.69 Å². The molecule has 0 atom stereocenters. The molecule has 6 nitrogen and oxygen atoms in total. The number of carbonyl (C=O) groups is 2. The van der Waals surface area contributed by atoms with Crippen LogP contribution in [0.1, 0.15) is 26.5 Å². The first kappa shape index (κ1) is 11.0. The van der Waals surface area contributed by atoms with Crippen LogP contribution < -0.4 is 5.73 Å². The van der Waals surface area contributed by atoms with Gasteiger partial charge in [-0.05, 0) is 31.2 Å². The zero-order valence-electron chi connectivity index (χ0n) is 9.12. The smallest absolute Gasteiger partial charge is 0.248 e. The van der Waals surface area contributed by atoms with Gasteiger partial charge in [0.05, 0.1) is 11.4 Å². The summed E-state index contributed by atoms with van der Waals surface area (Å²) >= 11 is 0. The molecule has 0 spiro atoms. The Morgan fingerprint density at radius 2 is 2.00 bits per heavy atom. The first-order valence-electron chi connectivity index (χ1n) is 4.91. The molecule has 86 valence electrons. The Labute approximate surface area is 97.0 Å². The first-order valence-corrected chi connectivity index (χ1v) is 4.91. The second-order valence-corrected chi connectivity index (χ2v) is 3.50. The van der Waals surface area contributed by atoms with E-state index in [1.54, 1.807) is 31.2 Å². The van der Waals surface area contributed by atoms with Crippen molar-refractivity contribution in [3.63, 3.8) is 0 Å². The maximum absolute atomic E-state index is 10.9. The number of nitrogens with zero attached hydrogens (tertiary/aromatic N) is 3. The van der Waals surface area contributed by atoms with Gasteiger partial charge in [-0.15, -0.1) is 5.10 Å². The monoisotopic (exact) mass is 230 g/mol. The Hall–Kier alpha value is -2.50. The summed E-state index contributed by atoms with van der Waals surface area (Å²) in [6.45, 7) is 1.74. The molecule has 1 amide bonds. The maximum atomic E-state index is 10.9. The Morgan fingerprint density at radius 1 is 1.35 bits per heavy atom. The van der Waals surface area contributed by atoms with Gasteiger partial charge in [-0.3, -0.25) is 9.59 Å². The van der Waals surface area contributed by atoms with Crippen molar-refractivity contribution in [1.29, 1.82) is 0 Å². The number of hydrogen-bond donors (Lipinski definition) is 1. The number of benzene rings is 1. The lowest BCUT2D eigenvalue weighted by molar-refractivity contribution is 0.1000. The quantitative estimate of drug-likeness (QED) is 0.776. The summed E-state index contributed by atoms with van der Waals surface area (Å²) in [6.07, 6.45) is 0.649. The van der Waals surface area contributed by atoms with Crippen molar-refractivity contribution >= 4 is 12.2 Å². The number of nitrogens with two attached hydrogens (primary N) is 1. The van der Waals surface area contributed by atoms with Gasteiger partial charge < -0.3 is 5.73 Å². The molecular formula is C11H10N4O2. The predicted octanol–water partition coefficient (Wildman–Crippen LogP) is 0.487. The van der Waals surface area contributed by atoms with E-state index in [2.05, 4.69) is 10.3 Å². The fourth-order valence-corrected chi connectivity index (χ4v) is 1.46. The first-order chi connectivity index (χ1) is 8.13. The molecule has 2 aromatic rings. The van der Waals surface area contributed by atoms with Crippen LogP contribution in [0.15, 0.2) is 24.3 Å². The molecule has 1 aromatic heterocycles. The molecule has 0 saturated heterocycles. The minimum absolute atomic E-state index is 0.295. The van der Waals surface area contributed by atoms with Gasteiger partial charge in [-0.25, -0.2) is 4.68 Å². The number of amides is 1. The molecule has 6 heteroatoms. The van der Waals surface area contributed by atoms with Crippen molar-refractivity contribution in [2.45, 2.75) is 6.92 Å². The summed E-state index contributed by atoms with van der Waals surface area (Å²) in [5.74, 6) is -0.486. The van der Waals surface area contributed by atoms with Gasteiger partial charge in [0.25, 0.3) is 0 Å². The van der Waals surface area contributed by atoms with Crippen LogP contribution in [-0.2, 0) is 0 Å². The number of primary amides is 1. The van der Waals surface area contributed by atoms with Gasteiger partial charge in [-0.2, -0.15) is 0 Å². The summed E-state index contributed by atoms with van der Waals surface area (Å²) in [6, 6.07) is 6.57. The lowest BCUT2D eigenvalue weighted by Crippen LogP contribution is -2.11. The standard InChI is InChI=1S/C11H10N4O2/c1-7-10(6-16)13-14-15(7)9-4-2-8(3-5-9)11(12)17/h2-6H,1H3,(H2,12,17). The molecule has 17 heavy (non-hydrogen) atoms. The molecule has 0 aliphatic carbocycles. The highest BCUT2D eigenvalue weighted by molar-refractivity contribution is 5.92. The largest absolute Gasteiger partial charge is 0.366 e. The fourth-order valence-electron chi connectivity index (χ4n) is 1.46. The van der Waals surface area contributed by atoms with Crippen LogP contribution in [0.3, 0.4) is 0 Å². The Morgan fingerprint density at radius 3 is 2.47 bits per heavy atom. The van der Waals surface area contributed by atoms with E-state index in [1.165, 1.54) is 4.68 Å². The van der Waals surface area contributed by atoms with Crippen molar-refractivity contribution in [2.75, 3.05) is 0 Å². The van der Waals surface area contributed by atoms with Gasteiger partial charge in [0.15, 0.2) is 6.29 Å². The van der Waals surface area contributed by atoms with E-state index in [9.17, 15) is 9.59 Å². The average Bonchev–Trinajstić information content (AvgIpc) is 2.70. The SMILES string of the molecule is Cc1c(C=O)nnn1-c1ccc(C(N)=O)cc1. The number of aromatic nitrogens is 3. The van der Waals surface area contributed by atoms with Crippen molar-refractivity contribution < 1.29 is 9.59 Å². The highest BCUT2D eigenvalue weighted by Gasteiger charge is 2.09. The van der Waals surface area contributed by atoms with Crippen molar-refractivity contribution in [3.05, 3.63) is 41.2 Å². The van der Waals surface area contributed by atoms with Crippen molar-refractivity contribution in [2.24, 2.45) is 5.73 Å². The molecule has 1 aromatic carbocycles. The van der Waals surface area contributed by atoms with Crippen LogP contribution in [-0.4, -0.2) is 27.2 Å². The molecule has 0 aliphatic heterocycles. The van der Waals surface area contributed by atoms with Gasteiger partial charge >= 0.3 is 0 Å². The number of hydrogen-bond acceptors (Lipinski definition) is 4. The number of rotatable bonds is 3. The zero-order valence-corrected chi connectivity index (χ0v) is 9.12. The Bertz CT molecular complexity index is 572. The van der Waals surface area contributed by atoms with E-state index in [4.69, 9.17) is 5.73 Å². The van der Waals surface area contributed by atoms with Crippen LogP contribution in [0.4, 0.5) is 0 Å². The minimum atomic E-state index is -0.486. The highest BCUT2D eigenvalue weighted by Crippen LogP contribution is 2.12. The summed E-state index contributed by atoms with van der Waals surface area (Å²) < 4.78 is 1.52. The molecule has 0 bridgehead atoms. The summed E-state index contributed by atoms with van der Waals surface area (Å²) in [5.41, 5.74) is 7.21. The van der Waals surface area contributed by atoms with Gasteiger partial charge in [0, 0.05) is 5.56 Å². The topological polar surface area (TPSA) is 90.9 Å². The van der Waals surface area contributed by atoms with E-state index in [1.807, 2.05) is 0 Å². The fraction of sp³-hybridized carbons (Fsp3) is 0.0909. The molecule has 0 fully saturated rings. The van der Waals surface area contributed by atoms with Crippen molar-refractivity contribution in [1.82, 2.24) is 15.0 Å². The average molecular weight is 230 g/mol. The third kappa shape index (κ3) is 1.92. The molecule has 0 unspecified atom stereocenters. The van der Waals surface area contributed by atoms with Crippen molar-refractivity contribution in [3.8, 4) is 5.69 Å². The van der Waals surface area contributed by atoms with Crippen LogP contribution in [0.5, 0.6) is 0 Å². The van der Waals surface area contributed by atoms with Gasteiger partial charge in [0.2, 0.25) is 5.91 Å². The minimum Gasteiger partial charge on any atom is -0.366 e. The zero-order chi connectivity index (χ0) is 12.4. The summed E-state index contributed by atoms with van der Waals surface area (Å²) in [4.78, 5) is 21.5. The third-order valence-corrected chi connectivity index (χ3v) is 2.44. The maximum Gasteiger partial charge on any atom is 0.248 e. The lowest BCUT2D eigenvalue weighted by atomic mass is 10.2. The number of aldehydes is 1. The summed E-state index contributed by atoms with van der Waals surface area (Å²) in [5, 5.41) is 7.57. The van der Waals surface area contributed by atoms with E-state index < -0.39 is 5.91 Å². The van der Waals surface area contributed by atoms with Gasteiger partial charge in [-0.1, -0.05) is 5.21 Å². The van der Waals surface area contributed by atoms with Crippen LogP contribution in [0.25, 0.3) is 5.69 Å². The Kier molecular flexibility index (Phi) is 2.70. The molecule has 0 radical (unpaired) electrons. The molecule has 0 aliphatic rings. The third-order valence-electron chi connectivity index (χ3n) is 2.44. The van der Waals surface area contributed by atoms with E-state index >= 15 is 0 Å². The normalized spacial score (nSPS) is 10.2. The molecular weight excluding hydrogens is 220 g/mol. The summed E-state index contributed by atoms with van der Waals surface area (Å²) in [7, 11) is 0.